The number of sulfonamides is 1. The van der Waals surface area contributed by atoms with Gasteiger partial charge in [-0.2, -0.15) is 4.31 Å². The standard InChI is InChI=1S/C28H36F2N4O7S2/c1-3-4-7-33-15-18(13-24(33)35)27(37)32-21(12-17-10-19(29)14-20(30)11-17)25(36)22-16-34(8-6-31-22)43(39,40)23-5-9-42-26(23)28(38)41-2/h5,9-11,14,18,21-22,25,31,36H,3-4,6-8,12-13,15-16H2,1-2H3,(H,32,37)/t18?,21?,22-,25+/m1/s1. The summed E-state index contributed by atoms with van der Waals surface area (Å²) < 4.78 is 60.9. The number of rotatable bonds is 12. The number of amides is 2. The molecule has 1 aromatic heterocycles. The van der Waals surface area contributed by atoms with Crippen molar-refractivity contribution in [3.05, 3.63) is 51.7 Å². The number of carbonyl (C=O) groups excluding carboxylic acids is 3. The molecule has 0 bridgehead atoms. The number of thiophene rings is 1. The fraction of sp³-hybridized carbons (Fsp3) is 0.536. The number of piperazine rings is 1. The lowest BCUT2D eigenvalue weighted by Crippen LogP contribution is -2.62. The summed E-state index contributed by atoms with van der Waals surface area (Å²) in [6, 6.07) is 2.24. The van der Waals surface area contributed by atoms with Crippen LogP contribution in [0.25, 0.3) is 0 Å². The summed E-state index contributed by atoms with van der Waals surface area (Å²) in [6.45, 7) is 2.74. The van der Waals surface area contributed by atoms with Gasteiger partial charge < -0.3 is 25.4 Å². The molecule has 4 atom stereocenters. The maximum Gasteiger partial charge on any atom is 0.349 e. The van der Waals surface area contributed by atoms with Crippen LogP contribution in [0.1, 0.15) is 41.4 Å². The molecule has 0 radical (unpaired) electrons. The monoisotopic (exact) mass is 642 g/mol. The molecule has 0 saturated carbocycles. The summed E-state index contributed by atoms with van der Waals surface area (Å²) >= 11 is 0.930. The number of benzene rings is 1. The number of hydrogen-bond donors (Lipinski definition) is 3. The fourth-order valence-electron chi connectivity index (χ4n) is 5.41. The van der Waals surface area contributed by atoms with Crippen LogP contribution in [0.4, 0.5) is 8.78 Å². The molecule has 11 nitrogen and oxygen atoms in total. The predicted molar refractivity (Wildman–Crippen MR) is 154 cm³/mol. The Balaban J connectivity index is 1.54. The zero-order valence-electron chi connectivity index (χ0n) is 23.9. The number of ether oxygens (including phenoxy) is 1. The highest BCUT2D eigenvalue weighted by molar-refractivity contribution is 7.89. The highest BCUT2D eigenvalue weighted by atomic mass is 32.2. The second-order valence-electron chi connectivity index (χ2n) is 10.7. The fourth-order valence-corrected chi connectivity index (χ4v) is 8.19. The molecular weight excluding hydrogens is 606 g/mol. The van der Waals surface area contributed by atoms with Gasteiger partial charge in [0.15, 0.2) is 0 Å². The van der Waals surface area contributed by atoms with E-state index in [2.05, 4.69) is 10.6 Å². The number of halogens is 2. The Morgan fingerprint density at radius 1 is 1.23 bits per heavy atom. The van der Waals surface area contributed by atoms with Crippen molar-refractivity contribution in [3.63, 3.8) is 0 Å². The number of unbranched alkanes of at least 4 members (excludes halogenated alkanes) is 1. The van der Waals surface area contributed by atoms with Gasteiger partial charge in [-0.15, -0.1) is 11.3 Å². The van der Waals surface area contributed by atoms with Gasteiger partial charge in [0, 0.05) is 51.3 Å². The Morgan fingerprint density at radius 2 is 1.95 bits per heavy atom. The van der Waals surface area contributed by atoms with Gasteiger partial charge >= 0.3 is 5.97 Å². The van der Waals surface area contributed by atoms with Gasteiger partial charge in [0.2, 0.25) is 21.8 Å². The molecule has 2 unspecified atom stereocenters. The smallest absolute Gasteiger partial charge is 0.349 e. The number of nitrogens with one attached hydrogen (secondary N) is 2. The van der Waals surface area contributed by atoms with E-state index in [1.807, 2.05) is 6.92 Å². The highest BCUT2D eigenvalue weighted by Crippen LogP contribution is 2.27. The zero-order chi connectivity index (χ0) is 31.3. The maximum absolute atomic E-state index is 14.0. The van der Waals surface area contributed by atoms with Crippen molar-refractivity contribution in [2.75, 3.05) is 39.8 Å². The number of methoxy groups -OCH3 is 1. The lowest BCUT2D eigenvalue weighted by molar-refractivity contribution is -0.129. The van der Waals surface area contributed by atoms with Gasteiger partial charge in [-0.25, -0.2) is 22.0 Å². The molecule has 2 fully saturated rings. The number of nitrogens with zero attached hydrogens (tertiary/aromatic N) is 2. The van der Waals surface area contributed by atoms with Crippen molar-refractivity contribution >= 4 is 39.1 Å². The van der Waals surface area contributed by atoms with Crippen molar-refractivity contribution in [1.29, 1.82) is 0 Å². The number of aliphatic hydroxyl groups excluding tert-OH is 1. The molecule has 1 aromatic carbocycles. The molecule has 2 aromatic rings. The zero-order valence-corrected chi connectivity index (χ0v) is 25.6. The van der Waals surface area contributed by atoms with Crippen molar-refractivity contribution in [2.24, 2.45) is 5.92 Å². The van der Waals surface area contributed by atoms with E-state index >= 15 is 0 Å². The predicted octanol–water partition coefficient (Wildman–Crippen LogP) is 1.51. The molecule has 2 amide bonds. The molecule has 2 saturated heterocycles. The van der Waals surface area contributed by atoms with Crippen LogP contribution in [0.5, 0.6) is 0 Å². The summed E-state index contributed by atoms with van der Waals surface area (Å²) in [4.78, 5) is 39.3. The first kappa shape index (κ1) is 32.9. The summed E-state index contributed by atoms with van der Waals surface area (Å²) in [5, 5.41) is 18.8. The number of esters is 1. The molecule has 3 heterocycles. The topological polar surface area (TPSA) is 145 Å². The lowest BCUT2D eigenvalue weighted by Gasteiger charge is -2.38. The van der Waals surface area contributed by atoms with Crippen molar-refractivity contribution in [3.8, 4) is 0 Å². The van der Waals surface area contributed by atoms with E-state index < -0.39 is 57.6 Å². The van der Waals surface area contributed by atoms with E-state index in [1.54, 1.807) is 4.90 Å². The van der Waals surface area contributed by atoms with E-state index in [9.17, 15) is 36.7 Å². The third-order valence-electron chi connectivity index (χ3n) is 7.68. The Morgan fingerprint density at radius 3 is 2.63 bits per heavy atom. The molecule has 2 aliphatic rings. The van der Waals surface area contributed by atoms with E-state index in [0.717, 1.165) is 47.7 Å². The average Bonchev–Trinajstić information content (AvgIpc) is 3.62. The quantitative estimate of drug-likeness (QED) is 0.296. The first-order valence-electron chi connectivity index (χ1n) is 14.0. The first-order valence-corrected chi connectivity index (χ1v) is 16.4. The molecule has 3 N–H and O–H groups in total. The van der Waals surface area contributed by atoms with Crippen LogP contribution in [0.3, 0.4) is 0 Å². The van der Waals surface area contributed by atoms with Gasteiger partial charge in [0.25, 0.3) is 0 Å². The summed E-state index contributed by atoms with van der Waals surface area (Å²) in [5.74, 6) is -3.75. The minimum atomic E-state index is -4.16. The van der Waals surface area contributed by atoms with Crippen LogP contribution in [0.15, 0.2) is 34.5 Å². The summed E-state index contributed by atoms with van der Waals surface area (Å²) in [6.07, 6.45) is 0.125. The Hall–Kier alpha value is -2.98. The normalized spacial score (nSPS) is 21.0. The average molecular weight is 643 g/mol. The molecule has 4 rings (SSSR count). The van der Waals surface area contributed by atoms with E-state index in [0.29, 0.717) is 12.6 Å². The molecule has 236 valence electrons. The van der Waals surface area contributed by atoms with E-state index in [-0.39, 0.29) is 60.3 Å². The third-order valence-corrected chi connectivity index (χ3v) is 10.6. The SMILES string of the molecule is CCCCN1CC(C(=O)NC(Cc2cc(F)cc(F)c2)[C@H](O)[C@H]2CN(S(=O)(=O)c3ccsc3C(=O)OC)CCN2)CC1=O. The largest absolute Gasteiger partial charge is 0.465 e. The maximum atomic E-state index is 14.0. The number of hydrogen-bond acceptors (Lipinski definition) is 9. The van der Waals surface area contributed by atoms with Crippen LogP contribution >= 0.6 is 11.3 Å². The van der Waals surface area contributed by atoms with Crippen LogP contribution in [0.2, 0.25) is 0 Å². The molecule has 2 aliphatic heterocycles. The van der Waals surface area contributed by atoms with Crippen LogP contribution in [0, 0.1) is 17.6 Å². The Bertz CT molecular complexity index is 1420. The van der Waals surface area contributed by atoms with Crippen molar-refractivity contribution in [1.82, 2.24) is 19.8 Å². The van der Waals surface area contributed by atoms with Gasteiger partial charge in [-0.05, 0) is 42.0 Å². The highest BCUT2D eigenvalue weighted by Gasteiger charge is 2.40. The molecule has 43 heavy (non-hydrogen) atoms. The van der Waals surface area contributed by atoms with Gasteiger partial charge in [-0.1, -0.05) is 13.3 Å². The second kappa shape index (κ2) is 14.2. The van der Waals surface area contributed by atoms with Crippen molar-refractivity contribution in [2.45, 2.75) is 55.7 Å². The molecule has 15 heteroatoms. The van der Waals surface area contributed by atoms with E-state index in [1.165, 1.54) is 11.4 Å². The Kier molecular flexibility index (Phi) is 10.9. The number of carbonyl (C=O) groups is 3. The van der Waals surface area contributed by atoms with Gasteiger partial charge in [0.1, 0.15) is 21.4 Å². The second-order valence-corrected chi connectivity index (χ2v) is 13.5. The Labute approximate surface area is 253 Å². The molecule has 0 aliphatic carbocycles. The molecule has 0 spiro atoms. The third kappa shape index (κ3) is 7.76. The van der Waals surface area contributed by atoms with E-state index in [4.69, 9.17) is 4.74 Å². The van der Waals surface area contributed by atoms with Gasteiger partial charge in [-0.3, -0.25) is 9.59 Å². The first-order chi connectivity index (χ1) is 20.4. The molecular formula is C28H36F2N4O7S2. The van der Waals surface area contributed by atoms with Crippen LogP contribution < -0.4 is 10.6 Å². The summed E-state index contributed by atoms with van der Waals surface area (Å²) in [7, 11) is -3.01. The van der Waals surface area contributed by atoms with Crippen molar-refractivity contribution < 1.29 is 41.4 Å². The number of aliphatic hydroxyl groups is 1. The minimum absolute atomic E-state index is 0.00379. The summed E-state index contributed by atoms with van der Waals surface area (Å²) in [5.41, 5.74) is 0.176. The van der Waals surface area contributed by atoms with Gasteiger partial charge in [0.05, 0.1) is 25.2 Å². The van der Waals surface area contributed by atoms with Crippen LogP contribution in [-0.4, -0.2) is 98.5 Å². The minimum Gasteiger partial charge on any atom is -0.465 e. The van der Waals surface area contributed by atoms with Crippen LogP contribution in [-0.2, 0) is 30.8 Å². The number of likely N-dealkylation sites (tertiary alicyclic amines) is 1. The lowest BCUT2D eigenvalue weighted by atomic mass is 9.94.